The van der Waals surface area contributed by atoms with Gasteiger partial charge in [-0.1, -0.05) is 30.3 Å². The molecule has 0 bridgehead atoms. The zero-order valence-corrected chi connectivity index (χ0v) is 11.9. The second kappa shape index (κ2) is 6.01. The molecule has 1 fully saturated rings. The molecule has 0 spiro atoms. The molecule has 0 aliphatic carbocycles. The Morgan fingerprint density at radius 2 is 1.76 bits per heavy atom. The van der Waals surface area contributed by atoms with Crippen LogP contribution in [-0.4, -0.2) is 41.9 Å². The normalized spacial score (nSPS) is 16.1. The molecule has 1 amide bonds. The number of anilines is 1. The number of nitrogens with two attached hydrogens (primary N) is 1. The Balaban J connectivity index is 1.54. The topological polar surface area (TPSA) is 62.7 Å². The van der Waals surface area contributed by atoms with Crippen LogP contribution in [0.15, 0.2) is 46.9 Å². The largest absolute Gasteiger partial charge is 0.436 e. The maximum atomic E-state index is 12.2. The van der Waals surface area contributed by atoms with E-state index in [0.717, 1.165) is 19.6 Å². The molecule has 21 heavy (non-hydrogen) atoms. The van der Waals surface area contributed by atoms with Gasteiger partial charge in [0.25, 0.3) is 5.91 Å². The van der Waals surface area contributed by atoms with E-state index >= 15 is 0 Å². The summed E-state index contributed by atoms with van der Waals surface area (Å²) in [6.45, 7) is 4.10. The van der Waals surface area contributed by atoms with E-state index in [0.29, 0.717) is 18.8 Å². The predicted molar refractivity (Wildman–Crippen MR) is 80.7 cm³/mol. The van der Waals surface area contributed by atoms with Gasteiger partial charge in [-0.3, -0.25) is 9.69 Å². The van der Waals surface area contributed by atoms with E-state index in [1.54, 1.807) is 12.1 Å². The minimum Gasteiger partial charge on any atom is -0.436 e. The van der Waals surface area contributed by atoms with E-state index in [-0.39, 0.29) is 11.8 Å². The summed E-state index contributed by atoms with van der Waals surface area (Å²) in [5, 5.41) is 0. The molecule has 1 aromatic heterocycles. The van der Waals surface area contributed by atoms with Crippen LogP contribution in [0.1, 0.15) is 16.1 Å². The van der Waals surface area contributed by atoms with Crippen molar-refractivity contribution in [1.82, 2.24) is 9.80 Å². The van der Waals surface area contributed by atoms with E-state index in [2.05, 4.69) is 29.2 Å². The first kappa shape index (κ1) is 13.7. The number of carbonyl (C=O) groups excluding carboxylic acids is 1. The van der Waals surface area contributed by atoms with Gasteiger partial charge in [0, 0.05) is 38.8 Å². The van der Waals surface area contributed by atoms with Crippen LogP contribution < -0.4 is 5.73 Å². The first-order valence-electron chi connectivity index (χ1n) is 7.13. The second-order valence-electron chi connectivity index (χ2n) is 5.26. The third-order valence-electron chi connectivity index (χ3n) is 3.75. The lowest BCUT2D eigenvalue weighted by Gasteiger charge is -2.34. The molecule has 0 atom stereocenters. The lowest BCUT2D eigenvalue weighted by atomic mass is 10.2. The van der Waals surface area contributed by atoms with Gasteiger partial charge in [-0.05, 0) is 11.6 Å². The average Bonchev–Trinajstić information content (AvgIpc) is 2.95. The van der Waals surface area contributed by atoms with Crippen molar-refractivity contribution in [3.05, 3.63) is 53.8 Å². The molecule has 3 rings (SSSR count). The molecule has 0 saturated carbocycles. The van der Waals surface area contributed by atoms with Crippen molar-refractivity contribution in [2.24, 2.45) is 0 Å². The quantitative estimate of drug-likeness (QED) is 0.934. The lowest BCUT2D eigenvalue weighted by molar-refractivity contribution is 0.0599. The Bertz CT molecular complexity index is 601. The summed E-state index contributed by atoms with van der Waals surface area (Å²) in [4.78, 5) is 16.4. The fraction of sp³-hybridized carbons (Fsp3) is 0.312. The molecular formula is C16H19N3O2. The highest BCUT2D eigenvalue weighted by Crippen LogP contribution is 2.14. The third-order valence-corrected chi connectivity index (χ3v) is 3.75. The number of benzene rings is 1. The fourth-order valence-electron chi connectivity index (χ4n) is 2.57. The number of nitrogens with zero attached hydrogens (tertiary/aromatic N) is 2. The molecule has 2 N–H and O–H groups in total. The highest BCUT2D eigenvalue weighted by molar-refractivity contribution is 5.91. The number of hydrogen-bond donors (Lipinski definition) is 1. The Morgan fingerprint density at radius 3 is 2.38 bits per heavy atom. The molecule has 5 nitrogen and oxygen atoms in total. The van der Waals surface area contributed by atoms with Crippen LogP contribution in [-0.2, 0) is 6.54 Å². The number of carbonyl (C=O) groups is 1. The second-order valence-corrected chi connectivity index (χ2v) is 5.26. The van der Waals surface area contributed by atoms with Crippen LogP contribution in [0.3, 0.4) is 0 Å². The number of amides is 1. The molecule has 110 valence electrons. The van der Waals surface area contributed by atoms with Crippen LogP contribution in [0, 0.1) is 0 Å². The maximum absolute atomic E-state index is 12.2. The Kier molecular flexibility index (Phi) is 3.92. The molecule has 2 aromatic rings. The van der Waals surface area contributed by atoms with Gasteiger partial charge in [0.2, 0.25) is 0 Å². The predicted octanol–water partition coefficient (Wildman–Crippen LogP) is 1.82. The monoisotopic (exact) mass is 285 g/mol. The van der Waals surface area contributed by atoms with Crippen molar-refractivity contribution in [3.63, 3.8) is 0 Å². The number of hydrogen-bond acceptors (Lipinski definition) is 4. The van der Waals surface area contributed by atoms with Crippen molar-refractivity contribution in [2.75, 3.05) is 31.9 Å². The van der Waals surface area contributed by atoms with Crippen molar-refractivity contribution in [1.29, 1.82) is 0 Å². The number of piperazine rings is 1. The Labute approximate surface area is 123 Å². The summed E-state index contributed by atoms with van der Waals surface area (Å²) in [5.41, 5.74) is 6.81. The van der Waals surface area contributed by atoms with Gasteiger partial charge in [-0.15, -0.1) is 0 Å². The van der Waals surface area contributed by atoms with Crippen molar-refractivity contribution >= 4 is 11.8 Å². The molecular weight excluding hydrogens is 266 g/mol. The van der Waals surface area contributed by atoms with E-state index in [1.807, 2.05) is 11.0 Å². The van der Waals surface area contributed by atoms with Crippen molar-refractivity contribution in [3.8, 4) is 0 Å². The van der Waals surface area contributed by atoms with Crippen LogP contribution in [0.2, 0.25) is 0 Å². The Morgan fingerprint density at radius 1 is 1.05 bits per heavy atom. The summed E-state index contributed by atoms with van der Waals surface area (Å²) in [5.74, 6) is 0.524. The van der Waals surface area contributed by atoms with Crippen molar-refractivity contribution in [2.45, 2.75) is 6.54 Å². The van der Waals surface area contributed by atoms with E-state index < -0.39 is 0 Å². The molecule has 0 radical (unpaired) electrons. The molecule has 1 aliphatic heterocycles. The zero-order chi connectivity index (χ0) is 14.7. The van der Waals surface area contributed by atoms with Crippen LogP contribution in [0.25, 0.3) is 0 Å². The summed E-state index contributed by atoms with van der Waals surface area (Å²) in [6.07, 6.45) is 0. The smallest absolute Gasteiger partial charge is 0.289 e. The summed E-state index contributed by atoms with van der Waals surface area (Å²) < 4.78 is 5.19. The molecule has 1 aliphatic rings. The third kappa shape index (κ3) is 3.25. The number of rotatable bonds is 3. The summed E-state index contributed by atoms with van der Waals surface area (Å²) in [7, 11) is 0. The molecule has 2 heterocycles. The molecule has 5 heteroatoms. The van der Waals surface area contributed by atoms with Gasteiger partial charge in [-0.25, -0.2) is 0 Å². The van der Waals surface area contributed by atoms with E-state index in [9.17, 15) is 4.79 Å². The first-order chi connectivity index (χ1) is 10.2. The average molecular weight is 285 g/mol. The van der Waals surface area contributed by atoms with Gasteiger partial charge < -0.3 is 15.1 Å². The fourth-order valence-corrected chi connectivity index (χ4v) is 2.57. The molecule has 1 saturated heterocycles. The number of nitrogen functional groups attached to an aromatic ring is 1. The lowest BCUT2D eigenvalue weighted by Crippen LogP contribution is -2.48. The van der Waals surface area contributed by atoms with Gasteiger partial charge in [0.05, 0.1) is 0 Å². The standard InChI is InChI=1S/C16H19N3O2/c17-15-7-6-14(21-15)16(20)19-10-8-18(9-11-19)12-13-4-2-1-3-5-13/h1-7H,8-12,17H2. The van der Waals surface area contributed by atoms with E-state index in [4.69, 9.17) is 10.2 Å². The molecule has 1 aromatic carbocycles. The highest BCUT2D eigenvalue weighted by atomic mass is 16.4. The minimum atomic E-state index is -0.0777. The van der Waals surface area contributed by atoms with Crippen molar-refractivity contribution < 1.29 is 9.21 Å². The first-order valence-corrected chi connectivity index (χ1v) is 7.13. The van der Waals surface area contributed by atoms with Crippen LogP contribution in [0.4, 0.5) is 5.88 Å². The summed E-state index contributed by atoms with van der Waals surface area (Å²) >= 11 is 0. The van der Waals surface area contributed by atoms with Crippen LogP contribution >= 0.6 is 0 Å². The molecule has 0 unspecified atom stereocenters. The maximum Gasteiger partial charge on any atom is 0.289 e. The Hall–Kier alpha value is -2.27. The highest BCUT2D eigenvalue weighted by Gasteiger charge is 2.23. The summed E-state index contributed by atoms with van der Waals surface area (Å²) in [6, 6.07) is 13.6. The van der Waals surface area contributed by atoms with Gasteiger partial charge in [0.15, 0.2) is 11.6 Å². The number of furan rings is 1. The zero-order valence-electron chi connectivity index (χ0n) is 11.9. The minimum absolute atomic E-state index is 0.0777. The van der Waals surface area contributed by atoms with Gasteiger partial charge in [0.1, 0.15) is 0 Å². The van der Waals surface area contributed by atoms with E-state index in [1.165, 1.54) is 5.56 Å². The van der Waals surface area contributed by atoms with Gasteiger partial charge >= 0.3 is 0 Å². The van der Waals surface area contributed by atoms with Gasteiger partial charge in [-0.2, -0.15) is 0 Å². The SMILES string of the molecule is Nc1ccc(C(=O)N2CCN(Cc3ccccc3)CC2)o1. The van der Waals surface area contributed by atoms with Crippen LogP contribution in [0.5, 0.6) is 0 Å².